The van der Waals surface area contributed by atoms with Crippen LogP contribution in [0.4, 0.5) is 0 Å². The Kier molecular flexibility index (Phi) is 5.86. The van der Waals surface area contributed by atoms with Crippen molar-refractivity contribution >= 4 is 26.8 Å². The number of aryl methyl sites for hydroxylation is 1. The van der Waals surface area contributed by atoms with Crippen LogP contribution in [0.1, 0.15) is 35.5 Å². The number of sulfonamides is 1. The topological polar surface area (TPSA) is 82.3 Å². The van der Waals surface area contributed by atoms with E-state index >= 15 is 0 Å². The van der Waals surface area contributed by atoms with Crippen LogP contribution in [0, 0.1) is 6.92 Å². The summed E-state index contributed by atoms with van der Waals surface area (Å²) < 4.78 is 26.5. The van der Waals surface area contributed by atoms with Gasteiger partial charge in [0.2, 0.25) is 10.0 Å². The average molecular weight is 400 g/mol. The molecular formula is C21H25N3O3S. The smallest absolute Gasteiger partial charge is 0.253 e. The van der Waals surface area contributed by atoms with Crippen LogP contribution in [0.5, 0.6) is 0 Å². The fourth-order valence-electron chi connectivity index (χ4n) is 3.33. The lowest BCUT2D eigenvalue weighted by Crippen LogP contribution is -2.30. The van der Waals surface area contributed by atoms with Crippen molar-refractivity contribution in [2.45, 2.75) is 32.2 Å². The highest BCUT2D eigenvalue weighted by Gasteiger charge is 2.21. The normalized spacial score (nSPS) is 11.9. The molecule has 1 heterocycles. The molecule has 0 unspecified atom stereocenters. The third kappa shape index (κ3) is 3.81. The molecule has 0 saturated heterocycles. The van der Waals surface area contributed by atoms with Crippen molar-refractivity contribution < 1.29 is 13.2 Å². The van der Waals surface area contributed by atoms with E-state index in [1.807, 2.05) is 45.0 Å². The number of nitrogens with one attached hydrogen (secondary N) is 2. The number of aromatic nitrogens is 1. The molecule has 7 heteroatoms. The zero-order chi connectivity index (χ0) is 20.3. The molecule has 6 nitrogen and oxygen atoms in total. The predicted molar refractivity (Wildman–Crippen MR) is 111 cm³/mol. The Balaban J connectivity index is 1.73. The highest BCUT2D eigenvalue weighted by Crippen LogP contribution is 2.22. The molecule has 2 aromatic carbocycles. The molecule has 0 fully saturated rings. The summed E-state index contributed by atoms with van der Waals surface area (Å²) in [5.41, 5.74) is 3.22. The van der Waals surface area contributed by atoms with E-state index in [0.717, 1.165) is 22.2 Å². The standard InChI is InChI=1S/C21H25N3O3S/c1-4-24(5-2)28(26,27)17-12-10-16(11-13-17)14-22-21(25)20-15(3)23-19-9-7-6-8-18(19)20/h6-13,23H,4-5,14H2,1-3H3,(H,22,25). The SMILES string of the molecule is CCN(CC)S(=O)(=O)c1ccc(CNC(=O)c2c(C)[nH]c3ccccc23)cc1. The molecule has 3 rings (SSSR count). The van der Waals surface area contributed by atoms with Crippen molar-refractivity contribution in [1.29, 1.82) is 0 Å². The van der Waals surface area contributed by atoms with E-state index in [1.165, 1.54) is 4.31 Å². The Bertz CT molecular complexity index is 1080. The average Bonchev–Trinajstić information content (AvgIpc) is 3.03. The van der Waals surface area contributed by atoms with Gasteiger partial charge in [0.1, 0.15) is 0 Å². The van der Waals surface area contributed by atoms with Crippen LogP contribution in [0.25, 0.3) is 10.9 Å². The van der Waals surface area contributed by atoms with Crippen LogP contribution in [-0.4, -0.2) is 36.7 Å². The number of carbonyl (C=O) groups excluding carboxylic acids is 1. The van der Waals surface area contributed by atoms with Crippen LogP contribution >= 0.6 is 0 Å². The van der Waals surface area contributed by atoms with E-state index < -0.39 is 10.0 Å². The molecule has 28 heavy (non-hydrogen) atoms. The third-order valence-corrected chi connectivity index (χ3v) is 6.90. The summed E-state index contributed by atoms with van der Waals surface area (Å²) in [6.07, 6.45) is 0. The molecule has 0 aliphatic rings. The highest BCUT2D eigenvalue weighted by molar-refractivity contribution is 7.89. The van der Waals surface area contributed by atoms with Crippen LogP contribution in [0.15, 0.2) is 53.4 Å². The van der Waals surface area contributed by atoms with Gasteiger partial charge in [0, 0.05) is 36.2 Å². The number of benzene rings is 2. The minimum atomic E-state index is -3.47. The number of carbonyl (C=O) groups is 1. The van der Waals surface area contributed by atoms with Gasteiger partial charge in [0.05, 0.1) is 10.5 Å². The minimum Gasteiger partial charge on any atom is -0.358 e. The van der Waals surface area contributed by atoms with Crippen molar-refractivity contribution in [3.8, 4) is 0 Å². The van der Waals surface area contributed by atoms with Crippen molar-refractivity contribution in [3.63, 3.8) is 0 Å². The Morgan fingerprint density at radius 3 is 2.32 bits per heavy atom. The molecule has 0 saturated carbocycles. The Hall–Kier alpha value is -2.64. The summed E-state index contributed by atoms with van der Waals surface area (Å²) in [5, 5.41) is 3.81. The lowest BCUT2D eigenvalue weighted by molar-refractivity contribution is 0.0952. The first-order valence-corrected chi connectivity index (χ1v) is 10.8. The minimum absolute atomic E-state index is 0.158. The van der Waals surface area contributed by atoms with Crippen LogP contribution < -0.4 is 5.32 Å². The van der Waals surface area contributed by atoms with E-state index in [-0.39, 0.29) is 10.8 Å². The second-order valence-electron chi connectivity index (χ2n) is 6.59. The fourth-order valence-corrected chi connectivity index (χ4v) is 4.79. The first-order valence-electron chi connectivity index (χ1n) is 9.33. The van der Waals surface area contributed by atoms with E-state index in [0.29, 0.717) is 25.2 Å². The van der Waals surface area contributed by atoms with Crippen LogP contribution in [-0.2, 0) is 16.6 Å². The zero-order valence-electron chi connectivity index (χ0n) is 16.3. The maximum absolute atomic E-state index is 12.7. The summed E-state index contributed by atoms with van der Waals surface area (Å²) in [5.74, 6) is -0.158. The van der Waals surface area contributed by atoms with Crippen molar-refractivity contribution in [2.24, 2.45) is 0 Å². The second-order valence-corrected chi connectivity index (χ2v) is 8.52. The summed E-state index contributed by atoms with van der Waals surface area (Å²) in [7, 11) is -3.47. The third-order valence-electron chi connectivity index (χ3n) is 4.84. The molecule has 0 aliphatic carbocycles. The number of nitrogens with zero attached hydrogens (tertiary/aromatic N) is 1. The molecule has 0 radical (unpaired) electrons. The Morgan fingerprint density at radius 2 is 1.68 bits per heavy atom. The molecule has 2 N–H and O–H groups in total. The largest absolute Gasteiger partial charge is 0.358 e. The van der Waals surface area contributed by atoms with Gasteiger partial charge < -0.3 is 10.3 Å². The summed E-state index contributed by atoms with van der Waals surface area (Å²) in [6, 6.07) is 14.3. The molecule has 0 atom stereocenters. The van der Waals surface area contributed by atoms with Crippen LogP contribution in [0.2, 0.25) is 0 Å². The first kappa shape index (κ1) is 20.1. The molecule has 0 aliphatic heterocycles. The molecule has 148 valence electrons. The number of H-pyrrole nitrogens is 1. The lowest BCUT2D eigenvalue weighted by atomic mass is 10.1. The quantitative estimate of drug-likeness (QED) is 0.638. The number of hydrogen-bond donors (Lipinski definition) is 2. The zero-order valence-corrected chi connectivity index (χ0v) is 17.1. The molecule has 0 spiro atoms. The predicted octanol–water partition coefficient (Wildman–Crippen LogP) is 3.44. The van der Waals surface area contributed by atoms with Gasteiger partial charge >= 0.3 is 0 Å². The summed E-state index contributed by atoms with van der Waals surface area (Å²) in [4.78, 5) is 16.2. The van der Waals surface area contributed by atoms with Crippen molar-refractivity contribution in [2.75, 3.05) is 13.1 Å². The molecule has 1 amide bonds. The van der Waals surface area contributed by atoms with Gasteiger partial charge in [-0.25, -0.2) is 8.42 Å². The monoisotopic (exact) mass is 399 g/mol. The van der Waals surface area contributed by atoms with E-state index in [4.69, 9.17) is 0 Å². The van der Waals surface area contributed by atoms with Crippen molar-refractivity contribution in [3.05, 3.63) is 65.4 Å². The molecule has 3 aromatic rings. The fraction of sp³-hybridized carbons (Fsp3) is 0.286. The van der Waals surface area contributed by atoms with Gasteiger partial charge in [-0.05, 0) is 30.7 Å². The number of para-hydroxylation sites is 1. The number of rotatable bonds is 7. The van der Waals surface area contributed by atoms with Gasteiger partial charge in [-0.3, -0.25) is 4.79 Å². The van der Waals surface area contributed by atoms with Crippen LogP contribution in [0.3, 0.4) is 0 Å². The highest BCUT2D eigenvalue weighted by atomic mass is 32.2. The van der Waals surface area contributed by atoms with Gasteiger partial charge in [-0.15, -0.1) is 0 Å². The van der Waals surface area contributed by atoms with E-state index in [2.05, 4.69) is 10.3 Å². The van der Waals surface area contributed by atoms with E-state index in [9.17, 15) is 13.2 Å². The number of aromatic amines is 1. The summed E-state index contributed by atoms with van der Waals surface area (Å²) in [6.45, 7) is 6.70. The molecular weight excluding hydrogens is 374 g/mol. The first-order chi connectivity index (χ1) is 13.4. The number of hydrogen-bond acceptors (Lipinski definition) is 3. The molecule has 0 bridgehead atoms. The van der Waals surface area contributed by atoms with Gasteiger partial charge in [-0.1, -0.05) is 44.2 Å². The van der Waals surface area contributed by atoms with E-state index in [1.54, 1.807) is 24.3 Å². The van der Waals surface area contributed by atoms with Crippen molar-refractivity contribution in [1.82, 2.24) is 14.6 Å². The van der Waals surface area contributed by atoms with Gasteiger partial charge in [0.25, 0.3) is 5.91 Å². The summed E-state index contributed by atoms with van der Waals surface area (Å²) >= 11 is 0. The Morgan fingerprint density at radius 1 is 1.04 bits per heavy atom. The second kappa shape index (κ2) is 8.16. The molecule has 1 aromatic heterocycles. The van der Waals surface area contributed by atoms with Gasteiger partial charge in [0.15, 0.2) is 0 Å². The number of fused-ring (bicyclic) bond motifs is 1. The maximum Gasteiger partial charge on any atom is 0.253 e. The maximum atomic E-state index is 12.7. The number of amides is 1. The lowest BCUT2D eigenvalue weighted by Gasteiger charge is -2.18. The Labute approximate surface area is 165 Å². The van der Waals surface area contributed by atoms with Gasteiger partial charge in [-0.2, -0.15) is 4.31 Å².